The van der Waals surface area contributed by atoms with Crippen LogP contribution in [0.25, 0.3) is 0 Å². The number of pyridine rings is 1. The quantitative estimate of drug-likeness (QED) is 0.442. The lowest BCUT2D eigenvalue weighted by molar-refractivity contribution is -0.120. The van der Waals surface area contributed by atoms with Crippen molar-refractivity contribution >= 4 is 48.0 Å². The number of hydrogen-bond donors (Lipinski definition) is 1. The molecule has 2 aromatic heterocycles. The summed E-state index contributed by atoms with van der Waals surface area (Å²) in [4.78, 5) is 27.1. The Morgan fingerprint density at radius 3 is 2.59 bits per heavy atom. The number of benzene rings is 1. The van der Waals surface area contributed by atoms with Crippen LogP contribution >= 0.6 is 36.4 Å². The van der Waals surface area contributed by atoms with E-state index < -0.39 is 0 Å². The molecule has 1 saturated heterocycles. The van der Waals surface area contributed by atoms with Crippen LogP contribution in [0, 0.1) is 12.7 Å². The molecule has 0 radical (unpaired) electrons. The van der Waals surface area contributed by atoms with E-state index in [0.29, 0.717) is 37.3 Å². The second-order valence-corrected chi connectivity index (χ2v) is 11.4. The van der Waals surface area contributed by atoms with Crippen LogP contribution in [0.15, 0.2) is 42.7 Å². The van der Waals surface area contributed by atoms with Crippen LogP contribution < -0.4 is 10.2 Å². The molecule has 1 amide bonds. The predicted octanol–water partition coefficient (Wildman–Crippen LogP) is 4.80. The normalized spacial score (nSPS) is 20.2. The Hall–Kier alpha value is -2.23. The number of anilines is 1. The summed E-state index contributed by atoms with van der Waals surface area (Å²) in [6.07, 6.45) is 4.36. The summed E-state index contributed by atoms with van der Waals surface area (Å²) in [6, 6.07) is 9.03. The fraction of sp³-hybridized carbons (Fsp3) is 0.464. The summed E-state index contributed by atoms with van der Waals surface area (Å²) >= 11 is 6.11. The maximum Gasteiger partial charge on any atom is 0.241 e. The van der Waals surface area contributed by atoms with Gasteiger partial charge in [-0.3, -0.25) is 14.7 Å². The van der Waals surface area contributed by atoms with Crippen molar-refractivity contribution in [1.82, 2.24) is 24.8 Å². The number of carbonyl (C=O) groups excluding carboxylic acids is 1. The second kappa shape index (κ2) is 12.5. The van der Waals surface area contributed by atoms with Crippen LogP contribution in [0.2, 0.25) is 5.15 Å². The van der Waals surface area contributed by atoms with Crippen LogP contribution in [-0.4, -0.2) is 63.6 Å². The molecule has 7 nitrogen and oxygen atoms in total. The molecule has 0 bridgehead atoms. The number of rotatable bonds is 6. The van der Waals surface area contributed by atoms with Crippen LogP contribution in [0.4, 0.5) is 10.1 Å². The highest BCUT2D eigenvalue weighted by Crippen LogP contribution is 2.39. The Balaban J connectivity index is 0.00000210. The van der Waals surface area contributed by atoms with Crippen molar-refractivity contribution < 1.29 is 9.18 Å². The maximum absolute atomic E-state index is 13.8. The van der Waals surface area contributed by atoms with Gasteiger partial charge in [0.05, 0.1) is 17.9 Å². The zero-order valence-corrected chi connectivity index (χ0v) is 25.0. The van der Waals surface area contributed by atoms with Crippen molar-refractivity contribution in [2.75, 3.05) is 31.1 Å². The monoisotopic (exact) mass is 596 g/mol. The molecule has 0 spiro atoms. The number of carbonyl (C=O) groups is 1. The third-order valence-electron chi connectivity index (χ3n) is 7.45. The number of nitrogens with zero attached hydrogens (tertiary/aromatic N) is 5. The van der Waals surface area contributed by atoms with Gasteiger partial charge in [0.25, 0.3) is 0 Å². The minimum atomic E-state index is -0.249. The number of nitrogens with one attached hydrogen (secondary N) is 1. The van der Waals surface area contributed by atoms with E-state index in [4.69, 9.17) is 16.6 Å². The molecule has 2 aliphatic rings. The largest absolute Gasteiger partial charge is 0.332 e. The summed E-state index contributed by atoms with van der Waals surface area (Å²) in [6.45, 7) is 11.6. The number of amides is 1. The van der Waals surface area contributed by atoms with Crippen LogP contribution in [0.1, 0.15) is 43.4 Å². The number of hydrogen-bond acceptors (Lipinski definition) is 5. The van der Waals surface area contributed by atoms with Crippen LogP contribution in [0.5, 0.6) is 0 Å². The van der Waals surface area contributed by atoms with E-state index >= 15 is 0 Å². The number of aromatic nitrogens is 3. The van der Waals surface area contributed by atoms with E-state index in [-0.39, 0.29) is 48.0 Å². The molecule has 39 heavy (non-hydrogen) atoms. The fourth-order valence-corrected chi connectivity index (χ4v) is 5.72. The number of fused-ring (bicyclic) bond motifs is 1. The minimum Gasteiger partial charge on any atom is -0.332 e. The van der Waals surface area contributed by atoms with Crippen molar-refractivity contribution in [1.29, 1.82) is 0 Å². The van der Waals surface area contributed by atoms with Crippen LogP contribution in [0.3, 0.4) is 0 Å². The van der Waals surface area contributed by atoms with Crippen LogP contribution in [-0.2, 0) is 23.2 Å². The van der Waals surface area contributed by atoms with E-state index in [1.54, 1.807) is 12.1 Å². The lowest BCUT2D eigenvalue weighted by atomic mass is 9.91. The maximum atomic E-state index is 13.8. The average molecular weight is 598 g/mol. The van der Waals surface area contributed by atoms with Gasteiger partial charge in [0, 0.05) is 56.1 Å². The molecule has 3 aromatic rings. The minimum absolute atomic E-state index is 0. The van der Waals surface area contributed by atoms with Gasteiger partial charge < -0.3 is 14.8 Å². The molecule has 212 valence electrons. The van der Waals surface area contributed by atoms with Gasteiger partial charge in [0.15, 0.2) is 0 Å². The molecule has 0 saturated carbocycles. The molecular formula is C28H36Cl3FN6O. The lowest BCUT2D eigenvalue weighted by Gasteiger charge is -2.40. The summed E-state index contributed by atoms with van der Waals surface area (Å²) in [5, 5.41) is 4.03. The molecular weight excluding hydrogens is 562 g/mol. The molecule has 5 rings (SSSR count). The van der Waals surface area contributed by atoms with Crippen molar-refractivity contribution in [3.8, 4) is 0 Å². The van der Waals surface area contributed by atoms with Gasteiger partial charge in [-0.15, -0.1) is 24.8 Å². The number of aryl methyl sites for hydroxylation is 1. The molecule has 1 N–H and O–H groups in total. The topological polar surface area (TPSA) is 66.3 Å². The lowest BCUT2D eigenvalue weighted by Crippen LogP contribution is -2.59. The SMILES string of the molecule is Cc1nc(Cl)cn1C[C@H]1CN[C@H](C)CN1CC(=O)N1CC(C)(C)c2ncc(Cc3ccc(F)cc3)cc21.Cl.Cl. The summed E-state index contributed by atoms with van der Waals surface area (Å²) in [5.41, 5.74) is 3.59. The highest BCUT2D eigenvalue weighted by molar-refractivity contribution is 6.29. The van der Waals surface area contributed by atoms with Gasteiger partial charge in [-0.05, 0) is 49.6 Å². The standard InChI is InChI=1S/C28H34ClFN6O.2ClH/c1-18-13-35(23(12-31-18)14-34-15-25(29)33-19(34)2)16-26(37)36-17-28(3,4)27-24(36)10-21(11-32-27)9-20-5-7-22(30)8-6-20;;/h5-8,10-11,15,18,23,31H,9,12-14,16-17H2,1-4H3;2*1H/t18-,23-;;/m1../s1. The molecule has 0 unspecified atom stereocenters. The molecule has 4 heterocycles. The third kappa shape index (κ3) is 6.92. The molecule has 0 aliphatic carbocycles. The van der Waals surface area contributed by atoms with E-state index in [0.717, 1.165) is 41.4 Å². The van der Waals surface area contributed by atoms with E-state index in [2.05, 4.69) is 46.6 Å². The number of piperazine rings is 1. The molecule has 2 atom stereocenters. The predicted molar refractivity (Wildman–Crippen MR) is 158 cm³/mol. The Labute approximate surface area is 247 Å². The van der Waals surface area contributed by atoms with Gasteiger partial charge in [-0.25, -0.2) is 9.37 Å². The first kappa shape index (κ1) is 31.3. The van der Waals surface area contributed by atoms with E-state index in [1.165, 1.54) is 12.1 Å². The average Bonchev–Trinajstić information content (AvgIpc) is 3.30. The third-order valence-corrected chi connectivity index (χ3v) is 7.63. The first-order chi connectivity index (χ1) is 17.6. The van der Waals surface area contributed by atoms with E-state index in [1.807, 2.05) is 24.2 Å². The first-order valence-corrected chi connectivity index (χ1v) is 13.2. The number of halogens is 4. The van der Waals surface area contributed by atoms with Gasteiger partial charge >= 0.3 is 0 Å². The molecule has 2 aliphatic heterocycles. The van der Waals surface area contributed by atoms with Crippen molar-refractivity contribution in [2.45, 2.75) is 58.2 Å². The second-order valence-electron chi connectivity index (χ2n) is 11.0. The van der Waals surface area contributed by atoms with E-state index in [9.17, 15) is 9.18 Å². The summed E-state index contributed by atoms with van der Waals surface area (Å²) in [7, 11) is 0. The van der Waals surface area contributed by atoms with Crippen molar-refractivity contribution in [3.05, 3.63) is 76.3 Å². The number of imidazole rings is 1. The fourth-order valence-electron chi connectivity index (χ4n) is 5.48. The zero-order valence-electron chi connectivity index (χ0n) is 22.7. The summed E-state index contributed by atoms with van der Waals surface area (Å²) < 4.78 is 15.4. The highest BCUT2D eigenvalue weighted by Gasteiger charge is 2.40. The van der Waals surface area contributed by atoms with Crippen molar-refractivity contribution in [2.24, 2.45) is 0 Å². The molecule has 11 heteroatoms. The Morgan fingerprint density at radius 2 is 1.92 bits per heavy atom. The first-order valence-electron chi connectivity index (χ1n) is 12.8. The van der Waals surface area contributed by atoms with Gasteiger partial charge in [0.2, 0.25) is 5.91 Å². The summed E-state index contributed by atoms with van der Waals surface area (Å²) in [5.74, 6) is 0.693. The highest BCUT2D eigenvalue weighted by atomic mass is 35.5. The Morgan fingerprint density at radius 1 is 1.21 bits per heavy atom. The zero-order chi connectivity index (χ0) is 26.3. The van der Waals surface area contributed by atoms with Crippen molar-refractivity contribution in [3.63, 3.8) is 0 Å². The molecule has 1 aromatic carbocycles. The van der Waals surface area contributed by atoms with Gasteiger partial charge in [-0.1, -0.05) is 37.6 Å². The Bertz CT molecular complexity index is 1300. The Kier molecular flexibility index (Phi) is 10.0. The van der Waals surface area contributed by atoms with Gasteiger partial charge in [-0.2, -0.15) is 0 Å². The smallest absolute Gasteiger partial charge is 0.241 e. The molecule has 1 fully saturated rings. The van der Waals surface area contributed by atoms with Gasteiger partial charge in [0.1, 0.15) is 16.8 Å².